The van der Waals surface area contributed by atoms with Crippen molar-refractivity contribution in [2.75, 3.05) is 7.11 Å². The second-order valence-corrected chi connectivity index (χ2v) is 3.91. The van der Waals surface area contributed by atoms with E-state index in [1.54, 1.807) is 0 Å². The van der Waals surface area contributed by atoms with Gasteiger partial charge in [0.2, 0.25) is 5.54 Å². The number of ether oxygens (including phenoxy) is 1. The molecule has 0 amide bonds. The fourth-order valence-electron chi connectivity index (χ4n) is 1.53. The van der Waals surface area contributed by atoms with Crippen molar-refractivity contribution in [1.82, 2.24) is 0 Å². The van der Waals surface area contributed by atoms with E-state index in [1.165, 1.54) is 13.8 Å². The van der Waals surface area contributed by atoms with E-state index in [2.05, 4.69) is 4.74 Å². The van der Waals surface area contributed by atoms with Crippen LogP contribution in [-0.2, 0) is 9.53 Å². The van der Waals surface area contributed by atoms with Gasteiger partial charge in [-0.25, -0.2) is 4.79 Å². The van der Waals surface area contributed by atoms with Gasteiger partial charge in [-0.2, -0.15) is 13.2 Å². The summed E-state index contributed by atoms with van der Waals surface area (Å²) in [5.41, 5.74) is -2.70. The lowest BCUT2D eigenvalue weighted by molar-refractivity contribution is -0.834. The molecule has 0 saturated carbocycles. The molecule has 2 atom stereocenters. The van der Waals surface area contributed by atoms with Gasteiger partial charge in [-0.15, -0.1) is 0 Å². The van der Waals surface area contributed by atoms with Gasteiger partial charge in [-0.05, 0) is 18.6 Å². The maximum atomic E-state index is 12.4. The standard InChI is InChI=1S/C10H12F3NO3/c1-6-4-7(10(11,12)13)5-14(16)9(6,2)8(15)17-3/h4-5,14H,1-3H3. The molecular weight excluding hydrogens is 239 g/mol. The van der Waals surface area contributed by atoms with Crippen LogP contribution >= 0.6 is 0 Å². The first-order valence-electron chi connectivity index (χ1n) is 4.74. The summed E-state index contributed by atoms with van der Waals surface area (Å²) in [4.78, 5) is 11.5. The van der Waals surface area contributed by atoms with Crippen molar-refractivity contribution in [2.45, 2.75) is 25.6 Å². The van der Waals surface area contributed by atoms with Gasteiger partial charge in [0.1, 0.15) is 11.8 Å². The molecule has 1 N–H and O–H groups in total. The lowest BCUT2D eigenvalue weighted by atomic mass is 9.88. The smallest absolute Gasteiger partial charge is 0.421 e. The summed E-state index contributed by atoms with van der Waals surface area (Å²) >= 11 is 0. The number of carbonyl (C=O) groups excluding carboxylic acids is 1. The van der Waals surface area contributed by atoms with Crippen molar-refractivity contribution < 1.29 is 27.8 Å². The van der Waals surface area contributed by atoms with Gasteiger partial charge in [0.25, 0.3) is 0 Å². The van der Waals surface area contributed by atoms with Crippen molar-refractivity contribution >= 4 is 5.97 Å². The Morgan fingerprint density at radius 1 is 1.53 bits per heavy atom. The predicted octanol–water partition coefficient (Wildman–Crippen LogP) is 0.707. The monoisotopic (exact) mass is 251 g/mol. The molecule has 0 spiro atoms. The van der Waals surface area contributed by atoms with Gasteiger partial charge in [-0.3, -0.25) is 0 Å². The number of allylic oxidation sites excluding steroid dienone is 2. The molecule has 0 aliphatic carbocycles. The third kappa shape index (κ3) is 2.20. The zero-order valence-corrected chi connectivity index (χ0v) is 9.51. The molecule has 4 nitrogen and oxygen atoms in total. The van der Waals surface area contributed by atoms with Crippen LogP contribution in [0.1, 0.15) is 13.8 Å². The van der Waals surface area contributed by atoms with Crippen LogP contribution in [0.3, 0.4) is 0 Å². The predicted molar refractivity (Wildman–Crippen MR) is 52.6 cm³/mol. The van der Waals surface area contributed by atoms with E-state index in [1.807, 2.05) is 0 Å². The number of hydrogen-bond acceptors (Lipinski definition) is 3. The Kier molecular flexibility index (Phi) is 3.35. The minimum absolute atomic E-state index is 0.0178. The Morgan fingerprint density at radius 2 is 2.06 bits per heavy atom. The SMILES string of the molecule is COC(=O)C1(C)C(C)=CC(C(F)(F)F)=C[NH+]1[O-]. The van der Waals surface area contributed by atoms with Crippen molar-refractivity contribution in [2.24, 2.45) is 0 Å². The molecule has 7 heteroatoms. The minimum atomic E-state index is -4.60. The number of esters is 1. The number of halogens is 3. The maximum absolute atomic E-state index is 12.4. The van der Waals surface area contributed by atoms with Gasteiger partial charge in [0.05, 0.1) is 7.11 Å². The lowest BCUT2D eigenvalue weighted by Gasteiger charge is -2.39. The molecule has 0 radical (unpaired) electrons. The normalized spacial score (nSPS) is 29.5. The average molecular weight is 251 g/mol. The van der Waals surface area contributed by atoms with Crippen LogP contribution in [0.15, 0.2) is 23.4 Å². The zero-order valence-electron chi connectivity index (χ0n) is 9.51. The van der Waals surface area contributed by atoms with Gasteiger partial charge in [-0.1, -0.05) is 0 Å². The molecule has 1 heterocycles. The van der Waals surface area contributed by atoms with Crippen LogP contribution < -0.4 is 5.06 Å². The summed E-state index contributed by atoms with van der Waals surface area (Å²) in [5, 5.41) is 10.7. The van der Waals surface area contributed by atoms with E-state index in [9.17, 15) is 23.2 Å². The van der Waals surface area contributed by atoms with E-state index in [0.717, 1.165) is 13.2 Å². The Morgan fingerprint density at radius 3 is 2.41 bits per heavy atom. The highest BCUT2D eigenvalue weighted by Gasteiger charge is 2.48. The van der Waals surface area contributed by atoms with Gasteiger partial charge < -0.3 is 15.0 Å². The van der Waals surface area contributed by atoms with Crippen LogP contribution in [0, 0.1) is 5.21 Å². The number of methoxy groups -OCH3 is 1. The van der Waals surface area contributed by atoms with Crippen molar-refractivity contribution in [3.63, 3.8) is 0 Å². The largest absolute Gasteiger partial charge is 0.628 e. The molecule has 0 bridgehead atoms. The molecule has 0 aromatic carbocycles. The van der Waals surface area contributed by atoms with Gasteiger partial charge in [0, 0.05) is 6.92 Å². The third-order valence-electron chi connectivity index (χ3n) is 2.86. The molecule has 0 saturated heterocycles. The summed E-state index contributed by atoms with van der Waals surface area (Å²) in [7, 11) is 1.08. The molecule has 1 aliphatic heterocycles. The summed E-state index contributed by atoms with van der Waals surface area (Å²) in [6, 6.07) is 0. The minimum Gasteiger partial charge on any atom is -0.628 e. The maximum Gasteiger partial charge on any atom is 0.421 e. The highest BCUT2D eigenvalue weighted by atomic mass is 19.4. The van der Waals surface area contributed by atoms with Crippen LogP contribution in [-0.4, -0.2) is 24.8 Å². The molecule has 0 aromatic heterocycles. The number of hydroxylamine groups is 2. The van der Waals surface area contributed by atoms with Gasteiger partial charge >= 0.3 is 12.1 Å². The van der Waals surface area contributed by atoms with Crippen molar-refractivity contribution in [3.8, 4) is 0 Å². The second-order valence-electron chi connectivity index (χ2n) is 3.91. The molecule has 17 heavy (non-hydrogen) atoms. The quantitative estimate of drug-likeness (QED) is 0.551. The number of alkyl halides is 3. The van der Waals surface area contributed by atoms with E-state index < -0.39 is 28.3 Å². The molecule has 96 valence electrons. The Labute approximate surface area is 95.9 Å². The fourth-order valence-corrected chi connectivity index (χ4v) is 1.53. The molecule has 1 aliphatic rings. The Hall–Kier alpha value is -1.34. The van der Waals surface area contributed by atoms with Gasteiger partial charge in [0.15, 0.2) is 0 Å². The van der Waals surface area contributed by atoms with Crippen molar-refractivity contribution in [3.05, 3.63) is 28.6 Å². The Balaban J connectivity index is 3.20. The van der Waals surface area contributed by atoms with Crippen LogP contribution in [0.5, 0.6) is 0 Å². The molecule has 0 fully saturated rings. The van der Waals surface area contributed by atoms with E-state index in [4.69, 9.17) is 0 Å². The molecule has 2 unspecified atom stereocenters. The van der Waals surface area contributed by atoms with E-state index >= 15 is 0 Å². The molecule has 0 aromatic rings. The summed E-state index contributed by atoms with van der Waals surface area (Å²) in [6.45, 7) is 2.55. The first-order chi connectivity index (χ1) is 7.64. The summed E-state index contributed by atoms with van der Waals surface area (Å²) < 4.78 is 41.8. The van der Waals surface area contributed by atoms with Crippen LogP contribution in [0.25, 0.3) is 0 Å². The van der Waals surface area contributed by atoms with Crippen molar-refractivity contribution in [1.29, 1.82) is 0 Å². The Bertz CT molecular complexity index is 400. The van der Waals surface area contributed by atoms with E-state index in [0.29, 0.717) is 6.20 Å². The number of quaternary nitrogens is 1. The number of hydrogen-bond donors (Lipinski definition) is 1. The first-order valence-corrected chi connectivity index (χ1v) is 4.74. The molecule has 1 rings (SSSR count). The number of carbonyl (C=O) groups is 1. The first kappa shape index (κ1) is 13.7. The highest BCUT2D eigenvalue weighted by Crippen LogP contribution is 2.30. The van der Waals surface area contributed by atoms with Crippen LogP contribution in [0.2, 0.25) is 0 Å². The second kappa shape index (κ2) is 4.15. The topological polar surface area (TPSA) is 53.8 Å². The third-order valence-corrected chi connectivity index (χ3v) is 2.86. The lowest BCUT2D eigenvalue weighted by Crippen LogP contribution is -3.14. The van der Waals surface area contributed by atoms with E-state index in [-0.39, 0.29) is 5.57 Å². The van der Waals surface area contributed by atoms with Crippen LogP contribution in [0.4, 0.5) is 13.2 Å². The highest BCUT2D eigenvalue weighted by molar-refractivity contribution is 5.83. The molecular formula is C10H12F3NO3. The summed E-state index contributed by atoms with van der Waals surface area (Å²) in [6.07, 6.45) is -3.38. The number of nitrogens with one attached hydrogen (secondary N) is 1. The fraction of sp³-hybridized carbons (Fsp3) is 0.500. The number of rotatable bonds is 1. The average Bonchev–Trinajstić information content (AvgIpc) is 2.22. The summed E-state index contributed by atoms with van der Waals surface area (Å²) in [5.74, 6) is -0.867. The zero-order chi connectivity index (χ0) is 13.4.